The highest BCUT2D eigenvalue weighted by Gasteiger charge is 2.49. The molecule has 4 aromatic rings. The molecule has 9 rings (SSSR count). The first kappa shape index (κ1) is 38.3. The summed E-state index contributed by atoms with van der Waals surface area (Å²) < 4.78 is 74.1. The summed E-state index contributed by atoms with van der Waals surface area (Å²) in [5, 5.41) is 8.73. The van der Waals surface area contributed by atoms with Crippen LogP contribution in [0.3, 0.4) is 0 Å². The van der Waals surface area contributed by atoms with Crippen LogP contribution in [0.2, 0.25) is 0 Å². The molecule has 5 fully saturated rings. The summed E-state index contributed by atoms with van der Waals surface area (Å²) in [7, 11) is 1.72. The molecule has 1 atom stereocenters. The standard InChI is InChI=1S/C42H51F4N7O4/c1-25-4-7-32-31(21-47-50-32)33(25)34-29(27-5-6-27)18-30-35(36(34)56-24-42(44,45)46)48-39(57-28-19-40(20-28)8-12-51(13-9-40)16-17-55-3)49-37(30)52-14-10-41(11-15-52)22-53(23-41)38(54)26(2)43/h4,7,18,21,26-28H,5-6,8-17,19-20,22-24H2,1-3H3,(H,47,50). The Morgan fingerprint density at radius 3 is 2.39 bits per heavy atom. The van der Waals surface area contributed by atoms with Crippen LogP contribution in [-0.4, -0.2) is 120 Å². The van der Waals surface area contributed by atoms with Crippen LogP contribution >= 0.6 is 0 Å². The first-order valence-corrected chi connectivity index (χ1v) is 20.4. The van der Waals surface area contributed by atoms with Gasteiger partial charge >= 0.3 is 12.2 Å². The number of H-pyrrole nitrogens is 1. The van der Waals surface area contributed by atoms with E-state index in [2.05, 4.69) is 26.1 Å². The second-order valence-corrected chi connectivity index (χ2v) is 17.4. The number of carbonyl (C=O) groups is 1. The molecule has 0 radical (unpaired) electrons. The number of amides is 1. The summed E-state index contributed by atoms with van der Waals surface area (Å²) in [6.45, 7) is 7.66. The van der Waals surface area contributed by atoms with Crippen LogP contribution in [0.25, 0.3) is 32.9 Å². The molecule has 5 heterocycles. The van der Waals surface area contributed by atoms with E-state index in [1.165, 1.54) is 6.92 Å². The van der Waals surface area contributed by atoms with Gasteiger partial charge in [0.05, 0.1) is 18.3 Å². The Kier molecular flexibility index (Phi) is 9.77. The Labute approximate surface area is 329 Å². The van der Waals surface area contributed by atoms with Gasteiger partial charge in [-0.2, -0.15) is 28.2 Å². The highest BCUT2D eigenvalue weighted by molar-refractivity contribution is 6.06. The number of benzene rings is 2. The average Bonchev–Trinajstić information content (AvgIpc) is 3.90. The topological polar surface area (TPSA) is 109 Å². The van der Waals surface area contributed by atoms with E-state index in [1.54, 1.807) is 18.2 Å². The number of hydrogen-bond donors (Lipinski definition) is 1. The van der Waals surface area contributed by atoms with Gasteiger partial charge in [-0.15, -0.1) is 0 Å². The van der Waals surface area contributed by atoms with Gasteiger partial charge in [0, 0.05) is 61.6 Å². The number of ether oxygens (including phenoxy) is 3. The van der Waals surface area contributed by atoms with Crippen molar-refractivity contribution in [2.75, 3.05) is 71.0 Å². The molecule has 15 heteroatoms. The molecular formula is C42H51F4N7O4. The summed E-state index contributed by atoms with van der Waals surface area (Å²) in [5.74, 6) is 0.347. The van der Waals surface area contributed by atoms with Gasteiger partial charge < -0.3 is 28.9 Å². The molecule has 2 aromatic heterocycles. The summed E-state index contributed by atoms with van der Waals surface area (Å²) in [6, 6.07) is 6.08. The molecule has 2 aliphatic carbocycles. The van der Waals surface area contributed by atoms with Crippen LogP contribution in [0.4, 0.5) is 23.4 Å². The quantitative estimate of drug-likeness (QED) is 0.156. The maximum Gasteiger partial charge on any atom is 0.422 e. The van der Waals surface area contributed by atoms with E-state index in [-0.39, 0.29) is 40.1 Å². The second-order valence-electron chi connectivity index (χ2n) is 17.4. The lowest BCUT2D eigenvalue weighted by Crippen LogP contribution is -2.63. The van der Waals surface area contributed by atoms with Crippen LogP contribution in [-0.2, 0) is 9.53 Å². The minimum absolute atomic E-state index is 0.0764. The van der Waals surface area contributed by atoms with Gasteiger partial charge in [0.15, 0.2) is 18.5 Å². The number of methoxy groups -OCH3 is 1. The maximum atomic E-state index is 14.1. The summed E-state index contributed by atoms with van der Waals surface area (Å²) >= 11 is 0. The molecule has 2 aromatic carbocycles. The Bertz CT molecular complexity index is 2140. The molecule has 1 amide bonds. The van der Waals surface area contributed by atoms with Gasteiger partial charge in [-0.1, -0.05) is 6.07 Å². The minimum atomic E-state index is -4.59. The lowest BCUT2D eigenvalue weighted by Gasteiger charge is -2.54. The first-order valence-electron chi connectivity index (χ1n) is 20.4. The lowest BCUT2D eigenvalue weighted by molar-refractivity contribution is -0.153. The number of halogens is 4. The average molecular weight is 794 g/mol. The van der Waals surface area contributed by atoms with Gasteiger partial charge in [-0.05, 0) is 118 Å². The minimum Gasteiger partial charge on any atom is -0.481 e. The van der Waals surface area contributed by atoms with Crippen molar-refractivity contribution in [3.8, 4) is 22.9 Å². The molecule has 2 saturated carbocycles. The number of aryl methyl sites for hydroxylation is 1. The van der Waals surface area contributed by atoms with Crippen molar-refractivity contribution in [1.29, 1.82) is 0 Å². The maximum absolute atomic E-state index is 14.1. The summed E-state index contributed by atoms with van der Waals surface area (Å²) in [4.78, 5) is 28.6. The molecule has 3 saturated heterocycles. The van der Waals surface area contributed by atoms with Crippen molar-refractivity contribution in [2.45, 2.75) is 89.6 Å². The van der Waals surface area contributed by atoms with Crippen LogP contribution in [0.15, 0.2) is 24.4 Å². The zero-order valence-corrected chi connectivity index (χ0v) is 32.9. The van der Waals surface area contributed by atoms with E-state index in [1.807, 2.05) is 19.1 Å². The predicted molar refractivity (Wildman–Crippen MR) is 208 cm³/mol. The van der Waals surface area contributed by atoms with Crippen molar-refractivity contribution in [2.24, 2.45) is 10.8 Å². The fraction of sp³-hybridized carbons (Fsp3) is 0.619. The zero-order chi connectivity index (χ0) is 39.7. The van der Waals surface area contributed by atoms with E-state index in [9.17, 15) is 22.4 Å². The fourth-order valence-corrected chi connectivity index (χ4v) is 9.94. The number of carbonyl (C=O) groups excluding carboxylic acids is 1. The number of likely N-dealkylation sites (tertiary alicyclic amines) is 2. The van der Waals surface area contributed by atoms with E-state index in [0.717, 1.165) is 98.6 Å². The monoisotopic (exact) mass is 793 g/mol. The summed E-state index contributed by atoms with van der Waals surface area (Å²) in [5.41, 5.74) is 4.33. The number of fused-ring (bicyclic) bond motifs is 2. The number of nitrogens with zero attached hydrogens (tertiary/aromatic N) is 6. The van der Waals surface area contributed by atoms with E-state index in [0.29, 0.717) is 49.6 Å². The van der Waals surface area contributed by atoms with Gasteiger partial charge in [0.1, 0.15) is 17.4 Å². The molecule has 2 spiro atoms. The lowest BCUT2D eigenvalue weighted by atomic mass is 9.61. The fourth-order valence-electron chi connectivity index (χ4n) is 9.94. The molecule has 1 unspecified atom stereocenters. The number of anilines is 1. The molecule has 3 aliphatic heterocycles. The van der Waals surface area contributed by atoms with Crippen LogP contribution in [0.1, 0.15) is 75.3 Å². The smallest absolute Gasteiger partial charge is 0.422 e. The zero-order valence-electron chi connectivity index (χ0n) is 32.9. The van der Waals surface area contributed by atoms with E-state index >= 15 is 0 Å². The van der Waals surface area contributed by atoms with Crippen molar-refractivity contribution >= 4 is 33.5 Å². The van der Waals surface area contributed by atoms with Crippen LogP contribution in [0.5, 0.6) is 11.8 Å². The van der Waals surface area contributed by atoms with E-state index in [4.69, 9.17) is 24.2 Å². The predicted octanol–water partition coefficient (Wildman–Crippen LogP) is 7.36. The first-order chi connectivity index (χ1) is 27.3. The molecule has 1 N–H and O–H groups in total. The molecule has 57 heavy (non-hydrogen) atoms. The Balaban J connectivity index is 1.11. The number of nitrogens with one attached hydrogen (secondary N) is 1. The Morgan fingerprint density at radius 1 is 1.00 bits per heavy atom. The third-order valence-corrected chi connectivity index (χ3v) is 13.4. The number of piperidine rings is 2. The highest BCUT2D eigenvalue weighted by atomic mass is 19.4. The Hall–Kier alpha value is -4.24. The molecular weight excluding hydrogens is 742 g/mol. The van der Waals surface area contributed by atoms with Crippen molar-refractivity contribution in [1.82, 2.24) is 30.0 Å². The van der Waals surface area contributed by atoms with Gasteiger partial charge in [0.2, 0.25) is 0 Å². The number of rotatable bonds is 11. The van der Waals surface area contributed by atoms with Crippen LogP contribution < -0.4 is 14.4 Å². The number of alkyl halides is 4. The number of hydrogen-bond acceptors (Lipinski definition) is 9. The van der Waals surface area contributed by atoms with Crippen molar-refractivity contribution in [3.05, 3.63) is 35.5 Å². The van der Waals surface area contributed by atoms with Crippen LogP contribution in [0, 0.1) is 17.8 Å². The third kappa shape index (κ3) is 7.38. The largest absolute Gasteiger partial charge is 0.481 e. The SMILES string of the molecule is COCCN1CCC2(CC1)CC(Oc1nc(N3CCC4(CC3)CN(C(=O)C(C)F)C4)c3cc(C4CC4)c(-c4c(C)ccc5[nH]ncc45)c(OCC(F)(F)F)c3n1)C2. The van der Waals surface area contributed by atoms with Crippen molar-refractivity contribution in [3.63, 3.8) is 0 Å². The number of aromatic amines is 1. The molecule has 11 nitrogen and oxygen atoms in total. The van der Waals surface area contributed by atoms with E-state index < -0.39 is 24.9 Å². The molecule has 0 bridgehead atoms. The second kappa shape index (κ2) is 14.5. The number of aromatic nitrogens is 4. The Morgan fingerprint density at radius 2 is 1.72 bits per heavy atom. The van der Waals surface area contributed by atoms with Crippen molar-refractivity contribution < 1.29 is 36.6 Å². The normalized spacial score (nSPS) is 21.6. The molecule has 5 aliphatic rings. The third-order valence-electron chi connectivity index (χ3n) is 13.4. The summed E-state index contributed by atoms with van der Waals surface area (Å²) in [6.07, 6.45) is 2.69. The highest BCUT2D eigenvalue weighted by Crippen LogP contribution is 2.54. The van der Waals surface area contributed by atoms with Gasteiger partial charge in [0.25, 0.3) is 5.91 Å². The van der Waals surface area contributed by atoms with Gasteiger partial charge in [-0.25, -0.2) is 4.39 Å². The van der Waals surface area contributed by atoms with Gasteiger partial charge in [-0.3, -0.25) is 9.89 Å². The molecule has 306 valence electrons.